The van der Waals surface area contributed by atoms with E-state index < -0.39 is 29.7 Å². The highest BCUT2D eigenvalue weighted by Crippen LogP contribution is 2.33. The van der Waals surface area contributed by atoms with Gasteiger partial charge in [0, 0.05) is 31.7 Å². The van der Waals surface area contributed by atoms with Gasteiger partial charge in [0.25, 0.3) is 0 Å². The molecule has 0 aliphatic heterocycles. The first kappa shape index (κ1) is 108. The number of benzene rings is 8. The first-order chi connectivity index (χ1) is 65.0. The summed E-state index contributed by atoms with van der Waals surface area (Å²) in [4.78, 5) is 39.4. The Labute approximate surface area is 800 Å². The van der Waals surface area contributed by atoms with E-state index in [0.29, 0.717) is 93.1 Å². The summed E-state index contributed by atoms with van der Waals surface area (Å²) in [7, 11) is 1.50. The Kier molecular flexibility index (Phi) is 53.8. The van der Waals surface area contributed by atoms with Gasteiger partial charge in [-0.3, -0.25) is 9.59 Å². The molecule has 2 atom stereocenters. The SMILES string of the molecule is CCCCCCCCCCCCOc1ccc(COc2cc(COc3cc(COc4ccc(C[C@H](NC(=O)OC(C)(C)C)C(=O)N[C@@H](C)C(=O)NC)cc4)cc(OCc4cc(OCc5ccc(OCCCCCCCCCCCC)cc5)cc(OCc5ccc(OCCCCCCCCCCCC)cc5)c4)c3)cc(OCc3ccc(OCCCCCCCCCCCC)cc3)c2)cc1. The number of alkyl carbamates (subject to hydrolysis) is 1. The summed E-state index contributed by atoms with van der Waals surface area (Å²) in [6.45, 7) is 20.3. The van der Waals surface area contributed by atoms with Crippen LogP contribution in [0.3, 0.4) is 0 Å². The van der Waals surface area contributed by atoms with E-state index in [0.717, 1.165) is 93.2 Å². The largest absolute Gasteiger partial charge is 0.494 e. The zero-order valence-corrected chi connectivity index (χ0v) is 82.8. The van der Waals surface area contributed by atoms with Crippen molar-refractivity contribution >= 4 is 17.9 Å². The van der Waals surface area contributed by atoms with Crippen LogP contribution < -0.4 is 68.1 Å². The highest BCUT2D eigenvalue weighted by atomic mass is 16.6. The molecule has 0 aliphatic carbocycles. The molecule has 3 N–H and O–H groups in total. The Balaban J connectivity index is 1.01. The summed E-state index contributed by atoms with van der Waals surface area (Å²) in [6.07, 6.45) is 50.4. The lowest BCUT2D eigenvalue weighted by Crippen LogP contribution is -2.53. The summed E-state index contributed by atoms with van der Waals surface area (Å²) in [5, 5.41) is 8.00. The van der Waals surface area contributed by atoms with Gasteiger partial charge in [0.15, 0.2) is 0 Å². The number of carbonyl (C=O) groups excluding carboxylic acids is 3. The molecule has 133 heavy (non-hydrogen) atoms. The van der Waals surface area contributed by atoms with Gasteiger partial charge in [-0.2, -0.15) is 0 Å². The average Bonchev–Trinajstić information content (AvgIpc) is 0.840. The third kappa shape index (κ3) is 48.5. The predicted molar refractivity (Wildman–Crippen MR) is 540 cm³/mol. The molecule has 0 heterocycles. The van der Waals surface area contributed by atoms with Gasteiger partial charge in [0.2, 0.25) is 11.8 Å². The molecule has 0 saturated heterocycles. The molecular weight excluding hydrogens is 1660 g/mol. The molecule has 0 spiro atoms. The lowest BCUT2D eigenvalue weighted by atomic mass is 10.0. The van der Waals surface area contributed by atoms with E-state index in [4.69, 9.17) is 56.8 Å². The maximum atomic E-state index is 13.7. The van der Waals surface area contributed by atoms with Gasteiger partial charge in [-0.05, 0) is 195 Å². The zero-order chi connectivity index (χ0) is 94.2. The Morgan fingerprint density at radius 2 is 0.459 bits per heavy atom. The van der Waals surface area contributed by atoms with E-state index in [2.05, 4.69) is 92.2 Å². The smallest absolute Gasteiger partial charge is 0.408 e. The van der Waals surface area contributed by atoms with E-state index >= 15 is 0 Å². The molecular formula is C115H165N3O15. The summed E-state index contributed by atoms with van der Waals surface area (Å²) in [5.74, 6) is 6.50. The third-order valence-electron chi connectivity index (χ3n) is 23.8. The third-order valence-corrected chi connectivity index (χ3v) is 23.8. The molecule has 18 heteroatoms. The summed E-state index contributed by atoms with van der Waals surface area (Å²) < 4.78 is 77.2. The van der Waals surface area contributed by atoms with Crippen LogP contribution in [0.2, 0.25) is 0 Å². The Bertz CT molecular complexity index is 4000. The number of carbonyl (C=O) groups is 3. The second-order valence-electron chi connectivity index (χ2n) is 37.0. The normalized spacial score (nSPS) is 11.7. The lowest BCUT2D eigenvalue weighted by molar-refractivity contribution is -0.129. The minimum atomic E-state index is -1.07. The van der Waals surface area contributed by atoms with Crippen molar-refractivity contribution < 1.29 is 71.2 Å². The maximum absolute atomic E-state index is 13.7. The monoisotopic (exact) mass is 1830 g/mol. The second kappa shape index (κ2) is 66.2. The minimum absolute atomic E-state index is 0.0932. The highest BCUT2D eigenvalue weighted by Gasteiger charge is 2.28. The van der Waals surface area contributed by atoms with Crippen molar-refractivity contribution in [3.8, 4) is 63.2 Å². The van der Waals surface area contributed by atoms with E-state index in [1.165, 1.54) is 238 Å². The van der Waals surface area contributed by atoms with Gasteiger partial charge in [0.05, 0.1) is 26.4 Å². The van der Waals surface area contributed by atoms with Gasteiger partial charge < -0.3 is 72.8 Å². The van der Waals surface area contributed by atoms with Gasteiger partial charge in [0.1, 0.15) is 127 Å². The van der Waals surface area contributed by atoms with E-state index in [-0.39, 0.29) is 32.1 Å². The molecule has 3 amide bonds. The Morgan fingerprint density at radius 1 is 0.248 bits per heavy atom. The molecule has 0 bridgehead atoms. The zero-order valence-electron chi connectivity index (χ0n) is 82.8. The maximum Gasteiger partial charge on any atom is 0.408 e. The van der Waals surface area contributed by atoms with Gasteiger partial charge >= 0.3 is 6.09 Å². The van der Waals surface area contributed by atoms with E-state index in [9.17, 15) is 14.4 Å². The quantitative estimate of drug-likeness (QED) is 0.0304. The van der Waals surface area contributed by atoms with Crippen molar-refractivity contribution in [2.45, 2.75) is 383 Å². The molecule has 730 valence electrons. The van der Waals surface area contributed by atoms with Crippen LogP contribution >= 0.6 is 0 Å². The number of rotatable bonds is 75. The number of unbranched alkanes of at least 4 members (excludes halogenated alkanes) is 36. The van der Waals surface area contributed by atoms with Crippen LogP contribution in [-0.2, 0) is 67.0 Å². The molecule has 8 rings (SSSR count). The number of hydrogen-bond acceptors (Lipinski definition) is 15. The highest BCUT2D eigenvalue weighted by molar-refractivity contribution is 5.91. The molecule has 0 unspecified atom stereocenters. The summed E-state index contributed by atoms with van der Waals surface area (Å²) >= 11 is 0. The van der Waals surface area contributed by atoms with Gasteiger partial charge in [-0.15, -0.1) is 0 Å². The number of amides is 3. The molecule has 0 radical (unpaired) electrons. The van der Waals surface area contributed by atoms with E-state index in [1.54, 1.807) is 27.7 Å². The van der Waals surface area contributed by atoms with Crippen LogP contribution in [0, 0.1) is 0 Å². The van der Waals surface area contributed by atoms with Crippen molar-refractivity contribution in [2.24, 2.45) is 0 Å². The number of nitrogens with one attached hydrogen (secondary N) is 3. The van der Waals surface area contributed by atoms with Crippen molar-refractivity contribution in [1.82, 2.24) is 16.0 Å². The van der Waals surface area contributed by atoms with Crippen LogP contribution in [0.1, 0.15) is 357 Å². The molecule has 8 aromatic carbocycles. The molecule has 0 fully saturated rings. The van der Waals surface area contributed by atoms with Crippen LogP contribution in [-0.4, -0.2) is 69.1 Å². The number of hydrogen-bond donors (Lipinski definition) is 3. The summed E-state index contributed by atoms with van der Waals surface area (Å²) in [5.41, 5.74) is 6.25. The van der Waals surface area contributed by atoms with Crippen molar-refractivity contribution in [2.75, 3.05) is 33.5 Å². The van der Waals surface area contributed by atoms with Crippen molar-refractivity contribution in [1.29, 1.82) is 0 Å². The fourth-order valence-corrected chi connectivity index (χ4v) is 15.9. The van der Waals surface area contributed by atoms with Gasteiger partial charge in [-0.25, -0.2) is 4.79 Å². The number of likely N-dealkylation sites (N-methyl/N-ethyl adjacent to an activating group) is 1. The van der Waals surface area contributed by atoms with Gasteiger partial charge in [-0.1, -0.05) is 320 Å². The molecule has 18 nitrogen and oxygen atoms in total. The summed E-state index contributed by atoms with van der Waals surface area (Å²) in [6, 6.07) is 55.6. The average molecular weight is 1830 g/mol. The molecule has 0 aromatic heterocycles. The topological polar surface area (TPSA) is 198 Å². The van der Waals surface area contributed by atoms with Crippen LogP contribution in [0.15, 0.2) is 176 Å². The van der Waals surface area contributed by atoms with Crippen molar-refractivity contribution in [3.63, 3.8) is 0 Å². The Hall–Kier alpha value is -10.2. The lowest BCUT2D eigenvalue weighted by Gasteiger charge is -2.24. The van der Waals surface area contributed by atoms with Crippen LogP contribution in [0.4, 0.5) is 4.79 Å². The van der Waals surface area contributed by atoms with Crippen LogP contribution in [0.25, 0.3) is 0 Å². The molecule has 8 aromatic rings. The molecule has 0 aliphatic rings. The molecule has 0 saturated carbocycles. The number of ether oxygens (including phenoxy) is 12. The fourth-order valence-electron chi connectivity index (χ4n) is 15.9. The predicted octanol–water partition coefficient (Wildman–Crippen LogP) is 29.6. The van der Waals surface area contributed by atoms with Crippen molar-refractivity contribution in [3.05, 3.63) is 220 Å². The first-order valence-electron chi connectivity index (χ1n) is 51.3. The van der Waals surface area contributed by atoms with E-state index in [1.807, 2.05) is 127 Å². The van der Waals surface area contributed by atoms with Crippen LogP contribution in [0.5, 0.6) is 63.2 Å². The minimum Gasteiger partial charge on any atom is -0.494 e. The fraction of sp³-hybridized carbons (Fsp3) is 0.557. The first-order valence-corrected chi connectivity index (χ1v) is 51.3. The standard InChI is InChI=1S/C115H165N3O15/c1-10-14-18-22-26-30-34-38-42-46-70-122-100-62-52-93(53-63-100)84-127-105-76-98(77-106(81-105)128-85-94-54-64-101(65-55-94)123-71-47-43-39-35-31-27-23-19-15-11-2)89-131-109-74-97(88-126-104-60-50-92(51-61-104)80-111(118-114(121)133-115(6,7)8)113(120)117-91(5)112(119)116-9)75-110(83-109)132-90-99-78-107(129-86-95-56-66-102(67-57-95)124-72-48-44-40-36-32-28-24-20-16-12-3)82-108(79-99)130-87-96-58-68-103(69-59-96)125-73-49-45-41-37-33-29-25-21-17-13-4/h50-69,74-79,81-83,91,111H,10-49,70-73,80,84-90H2,1-9H3,(H,116,119)(H,117,120)(H,118,121)/t91-,111-/m0/s1. The Morgan fingerprint density at radius 3 is 0.692 bits per heavy atom. The second-order valence-corrected chi connectivity index (χ2v) is 37.0.